The van der Waals surface area contributed by atoms with Crippen LogP contribution in [-0.4, -0.2) is 49.0 Å². The van der Waals surface area contributed by atoms with Gasteiger partial charge in [-0.05, 0) is 49.8 Å². The summed E-state index contributed by atoms with van der Waals surface area (Å²) in [6.45, 7) is 4.13. The summed E-state index contributed by atoms with van der Waals surface area (Å²) in [5.41, 5.74) is 1.78. The fraction of sp³-hybridized carbons (Fsp3) is 0.308. The van der Waals surface area contributed by atoms with E-state index in [2.05, 4.69) is 20.4 Å². The summed E-state index contributed by atoms with van der Waals surface area (Å²) in [5.74, 6) is -0.176. The van der Waals surface area contributed by atoms with Gasteiger partial charge >= 0.3 is 5.97 Å². The van der Waals surface area contributed by atoms with Gasteiger partial charge in [0.15, 0.2) is 14.1 Å². The fourth-order valence-corrected chi connectivity index (χ4v) is 6.56. The van der Waals surface area contributed by atoms with Crippen LogP contribution in [0.25, 0.3) is 10.9 Å². The zero-order valence-corrected chi connectivity index (χ0v) is 24.7. The average Bonchev–Trinajstić information content (AvgIpc) is 3.27. The van der Waals surface area contributed by atoms with Gasteiger partial charge in [-0.1, -0.05) is 41.6 Å². The molecule has 210 valence electrons. The molecular formula is C26H25ClFN5O4S3. The van der Waals surface area contributed by atoms with Crippen LogP contribution in [0.4, 0.5) is 15.9 Å². The van der Waals surface area contributed by atoms with Crippen molar-refractivity contribution in [2.45, 2.75) is 43.5 Å². The minimum absolute atomic E-state index is 0.00404. The predicted octanol–water partition coefficient (Wildman–Crippen LogP) is 6.88. The molecule has 2 aromatic carbocycles. The van der Waals surface area contributed by atoms with Gasteiger partial charge in [0.1, 0.15) is 29.8 Å². The lowest BCUT2D eigenvalue weighted by Crippen LogP contribution is -2.22. The monoisotopic (exact) mass is 621 g/mol. The number of hydrogen-bond acceptors (Lipinski definition) is 10. The van der Waals surface area contributed by atoms with E-state index >= 15 is 0 Å². The molecule has 0 spiro atoms. The number of benzene rings is 2. The smallest absolute Gasteiger partial charge is 0.304 e. The number of ether oxygens (including phenoxy) is 1. The Kier molecular flexibility index (Phi) is 10.1. The Morgan fingerprint density at radius 1 is 1.27 bits per heavy atom. The lowest BCUT2D eigenvalue weighted by Gasteiger charge is -2.17. The Hall–Kier alpha value is -3.13. The van der Waals surface area contributed by atoms with E-state index in [4.69, 9.17) is 33.7 Å². The first-order valence-electron chi connectivity index (χ1n) is 12.3. The van der Waals surface area contributed by atoms with Crippen molar-refractivity contribution >= 4 is 81.1 Å². The average molecular weight is 622 g/mol. The Balaban J connectivity index is 1.64. The second-order valence-electron chi connectivity index (χ2n) is 8.52. The van der Waals surface area contributed by atoms with Crippen molar-refractivity contribution in [2.24, 2.45) is 0 Å². The zero-order valence-electron chi connectivity index (χ0n) is 21.5. The van der Waals surface area contributed by atoms with E-state index in [9.17, 15) is 14.0 Å². The number of halogens is 2. The second-order valence-corrected chi connectivity index (χ2v) is 11.9. The number of carboxylic acids is 1. The van der Waals surface area contributed by atoms with Gasteiger partial charge in [0.2, 0.25) is 0 Å². The highest BCUT2D eigenvalue weighted by atomic mass is 35.5. The van der Waals surface area contributed by atoms with Crippen LogP contribution in [-0.2, 0) is 16.0 Å². The summed E-state index contributed by atoms with van der Waals surface area (Å²) in [4.78, 5) is 33.1. The molecule has 1 atom stereocenters. The van der Waals surface area contributed by atoms with E-state index in [0.717, 1.165) is 0 Å². The number of carbonyl (C=O) groups excluding carboxylic acids is 1. The topological polar surface area (TPSA) is 119 Å². The maximum atomic E-state index is 13.6. The van der Waals surface area contributed by atoms with E-state index in [1.165, 1.54) is 41.6 Å². The van der Waals surface area contributed by atoms with Crippen molar-refractivity contribution in [2.75, 3.05) is 17.7 Å². The number of anilines is 2. The number of nitrogens with one attached hydrogen (secondary N) is 1. The first-order valence-corrected chi connectivity index (χ1v) is 14.9. The molecule has 0 aliphatic heterocycles. The van der Waals surface area contributed by atoms with Crippen LogP contribution in [0.2, 0.25) is 5.02 Å². The van der Waals surface area contributed by atoms with Crippen molar-refractivity contribution in [3.63, 3.8) is 0 Å². The van der Waals surface area contributed by atoms with Crippen LogP contribution in [0.15, 0.2) is 41.0 Å². The number of carboxylic acid groups (broad SMARTS) is 1. The van der Waals surface area contributed by atoms with Crippen molar-refractivity contribution in [3.8, 4) is 5.75 Å². The summed E-state index contributed by atoms with van der Waals surface area (Å²) in [5, 5.41) is 17.2. The first-order chi connectivity index (χ1) is 19.2. The van der Waals surface area contributed by atoms with Gasteiger partial charge < -0.3 is 15.2 Å². The molecule has 0 saturated carbocycles. The molecule has 1 unspecified atom stereocenters. The molecule has 2 aromatic heterocycles. The molecule has 40 heavy (non-hydrogen) atoms. The molecule has 0 saturated heterocycles. The molecule has 0 radical (unpaired) electrons. The number of fused-ring (bicyclic) bond motifs is 1. The summed E-state index contributed by atoms with van der Waals surface area (Å²) in [7, 11) is 0. The van der Waals surface area contributed by atoms with Crippen LogP contribution >= 0.6 is 46.9 Å². The quantitative estimate of drug-likeness (QED) is 0.121. The molecule has 0 aliphatic carbocycles. The van der Waals surface area contributed by atoms with Crippen molar-refractivity contribution in [3.05, 3.63) is 57.0 Å². The normalized spacial score (nSPS) is 11.9. The molecule has 2 N–H and O–H groups in total. The molecule has 14 heteroatoms. The number of aliphatic carboxylic acids is 1. The molecule has 2 heterocycles. The summed E-state index contributed by atoms with van der Waals surface area (Å²) in [6.07, 6.45) is 1.92. The standard InChI is InChI=1S/C26H25ClFN5O4S3/c1-3-20(33-26(38)40-25(32-33)39-8-7-23(35)36)21(34)10-14-9-16-19(12-22(14)37-4-2)29-13-30-24(16)31-15-5-6-18(28)17(27)11-15/h5-6,9,11-13,20H,3-4,7-8,10H2,1-2H3,(H,35,36)(H,29,30,31). The Labute approximate surface area is 247 Å². The Bertz CT molecular complexity index is 1610. The number of ketones is 1. The van der Waals surface area contributed by atoms with Gasteiger partial charge in [-0.15, -0.1) is 0 Å². The van der Waals surface area contributed by atoms with Crippen LogP contribution in [0.3, 0.4) is 0 Å². The maximum Gasteiger partial charge on any atom is 0.304 e. The van der Waals surface area contributed by atoms with E-state index in [0.29, 0.717) is 60.8 Å². The van der Waals surface area contributed by atoms with Gasteiger partial charge in [0, 0.05) is 34.9 Å². The molecular weight excluding hydrogens is 597 g/mol. The lowest BCUT2D eigenvalue weighted by molar-refractivity contribution is -0.136. The van der Waals surface area contributed by atoms with Gasteiger partial charge in [0.05, 0.1) is 23.6 Å². The van der Waals surface area contributed by atoms with Crippen LogP contribution in [0.1, 0.15) is 38.3 Å². The number of nitrogens with zero attached hydrogens (tertiary/aromatic N) is 4. The summed E-state index contributed by atoms with van der Waals surface area (Å²) >= 11 is 14.0. The van der Waals surface area contributed by atoms with E-state index in [1.54, 1.807) is 16.8 Å². The van der Waals surface area contributed by atoms with Crippen molar-refractivity contribution in [1.29, 1.82) is 0 Å². The number of aromatic nitrogens is 4. The third-order valence-corrected chi connectivity index (χ3v) is 8.50. The summed E-state index contributed by atoms with van der Waals surface area (Å²) < 4.78 is 22.1. The third kappa shape index (κ3) is 7.14. The van der Waals surface area contributed by atoms with E-state index < -0.39 is 17.8 Å². The van der Waals surface area contributed by atoms with Crippen LogP contribution < -0.4 is 10.1 Å². The Morgan fingerprint density at radius 2 is 2.08 bits per heavy atom. The number of thioether (sulfide) groups is 1. The molecule has 0 amide bonds. The maximum absolute atomic E-state index is 13.6. The van der Waals surface area contributed by atoms with Gasteiger partial charge in [-0.25, -0.2) is 19.0 Å². The molecule has 0 fully saturated rings. The molecule has 4 rings (SSSR count). The number of rotatable bonds is 13. The number of hydrogen-bond donors (Lipinski definition) is 2. The SMILES string of the molecule is CCOc1cc2ncnc(Nc3ccc(F)c(Cl)c3)c2cc1CC(=O)C(CC)n1nc(SCCC(=O)O)sc1=S. The predicted molar refractivity (Wildman–Crippen MR) is 157 cm³/mol. The highest BCUT2D eigenvalue weighted by Gasteiger charge is 2.24. The second kappa shape index (κ2) is 13.5. The minimum Gasteiger partial charge on any atom is -0.494 e. The van der Waals surface area contributed by atoms with Crippen LogP contribution in [0.5, 0.6) is 5.75 Å². The Morgan fingerprint density at radius 3 is 2.77 bits per heavy atom. The van der Waals surface area contributed by atoms with Gasteiger partial charge in [0.25, 0.3) is 0 Å². The number of Topliss-reactive ketones (excluding diaryl/α,β-unsaturated/α-hetero) is 1. The van der Waals surface area contributed by atoms with Crippen molar-refractivity contribution in [1.82, 2.24) is 19.7 Å². The first kappa shape index (κ1) is 29.8. The van der Waals surface area contributed by atoms with Crippen molar-refractivity contribution < 1.29 is 23.8 Å². The zero-order chi connectivity index (χ0) is 28.8. The summed E-state index contributed by atoms with van der Waals surface area (Å²) in [6, 6.07) is 7.24. The number of carbonyl (C=O) groups is 2. The minimum atomic E-state index is -0.886. The molecule has 4 aromatic rings. The molecule has 0 bridgehead atoms. The molecule has 0 aliphatic rings. The van der Waals surface area contributed by atoms with Gasteiger partial charge in [-0.2, -0.15) is 5.10 Å². The highest BCUT2D eigenvalue weighted by molar-refractivity contribution is 8.01. The van der Waals surface area contributed by atoms with E-state index in [-0.39, 0.29) is 23.6 Å². The highest BCUT2D eigenvalue weighted by Crippen LogP contribution is 2.33. The largest absolute Gasteiger partial charge is 0.494 e. The fourth-order valence-electron chi connectivity index (χ4n) is 3.96. The van der Waals surface area contributed by atoms with Gasteiger partial charge in [-0.3, -0.25) is 9.59 Å². The van der Waals surface area contributed by atoms with E-state index in [1.807, 2.05) is 19.9 Å². The molecule has 9 nitrogen and oxygen atoms in total. The third-order valence-electron chi connectivity index (χ3n) is 5.81. The lowest BCUT2D eigenvalue weighted by atomic mass is 9.99. The van der Waals surface area contributed by atoms with Crippen LogP contribution in [0, 0.1) is 9.77 Å².